The lowest BCUT2D eigenvalue weighted by molar-refractivity contribution is -0.153. The van der Waals surface area contributed by atoms with Crippen molar-refractivity contribution in [3.8, 4) is 16.9 Å². The van der Waals surface area contributed by atoms with Gasteiger partial charge in [0.2, 0.25) is 5.78 Å². The molecule has 42 heavy (non-hydrogen) atoms. The molecule has 10 heteroatoms. The highest BCUT2D eigenvalue weighted by atomic mass is 16.3. The number of phenols is 1. The number of primary amides is 1. The highest BCUT2D eigenvalue weighted by molar-refractivity contribution is 6.24. The maximum Gasteiger partial charge on any atom is 0.255 e. The smallest absolute Gasteiger partial charge is 0.255 e. The lowest BCUT2D eigenvalue weighted by atomic mass is 9.57. The van der Waals surface area contributed by atoms with E-state index in [1.54, 1.807) is 20.2 Å². The van der Waals surface area contributed by atoms with E-state index < -0.39 is 58.0 Å². The Kier molecular flexibility index (Phi) is 6.27. The summed E-state index contributed by atoms with van der Waals surface area (Å²) in [4.78, 5) is 41.0. The Labute approximate surface area is 240 Å². The van der Waals surface area contributed by atoms with Crippen molar-refractivity contribution in [3.05, 3.63) is 82.1 Å². The number of aliphatic hydroxyl groups is 4. The Balaban J connectivity index is 1.58. The van der Waals surface area contributed by atoms with E-state index in [-0.39, 0.29) is 36.3 Å². The van der Waals surface area contributed by atoms with Gasteiger partial charge in [-0.15, -0.1) is 0 Å². The number of Topliss-reactive ketones (excluding diaryl/α,β-unsaturated/α-hetero) is 2. The number of hydrogen-bond donors (Lipinski definition) is 6. The van der Waals surface area contributed by atoms with Crippen LogP contribution in [0, 0.1) is 11.8 Å². The molecule has 0 spiro atoms. The molecule has 216 valence electrons. The average Bonchev–Trinajstić information content (AvgIpc) is 2.94. The molecule has 1 saturated carbocycles. The number of likely N-dealkylation sites (N-methyl/N-ethyl adjacent to an activating group) is 1. The van der Waals surface area contributed by atoms with Crippen LogP contribution >= 0.6 is 0 Å². The Morgan fingerprint density at radius 3 is 2.31 bits per heavy atom. The van der Waals surface area contributed by atoms with Crippen LogP contribution in [0.5, 0.6) is 5.75 Å². The molecule has 6 rings (SSSR count). The number of aliphatic hydroxyl groups excluding tert-OH is 3. The van der Waals surface area contributed by atoms with Crippen molar-refractivity contribution >= 4 is 34.0 Å². The summed E-state index contributed by atoms with van der Waals surface area (Å²) in [6.07, 6.45) is 0.180. The molecule has 3 aliphatic rings. The van der Waals surface area contributed by atoms with E-state index >= 15 is 0 Å². The van der Waals surface area contributed by atoms with Crippen LogP contribution in [0.3, 0.4) is 0 Å². The molecule has 0 aliphatic heterocycles. The molecule has 0 aromatic heterocycles. The highest BCUT2D eigenvalue weighted by Crippen LogP contribution is 2.54. The molecule has 0 saturated heterocycles. The first-order valence-electron chi connectivity index (χ1n) is 13.5. The molecule has 10 nitrogen and oxygen atoms in total. The van der Waals surface area contributed by atoms with Gasteiger partial charge in [-0.1, -0.05) is 42.5 Å². The number of carbonyl (C=O) groups excluding carboxylic acids is 3. The van der Waals surface area contributed by atoms with Gasteiger partial charge in [0.15, 0.2) is 11.4 Å². The monoisotopic (exact) mass is 570 g/mol. The molecule has 1 fully saturated rings. The SMILES string of the molecule is CN(C)[C@@H]1C(=O)C(C(N)=O)=C(O)[C@@]2(O)C(=O)C3=C(O)c4c(O)ccc(-c5ccc(CO)c6ccccc56)c4C[C@H]3C[C@@H]12. The lowest BCUT2D eigenvalue weighted by Gasteiger charge is -2.50. The normalized spacial score (nSPS) is 25.5. The second-order valence-electron chi connectivity index (χ2n) is 11.4. The molecule has 0 heterocycles. The number of carbonyl (C=O) groups is 3. The molecule has 4 atom stereocenters. The van der Waals surface area contributed by atoms with Crippen LogP contribution in [0.2, 0.25) is 0 Å². The molecule has 3 aliphatic carbocycles. The fraction of sp³-hybridized carbons (Fsp3) is 0.281. The largest absolute Gasteiger partial charge is 0.508 e. The van der Waals surface area contributed by atoms with Gasteiger partial charge in [-0.05, 0) is 71.9 Å². The summed E-state index contributed by atoms with van der Waals surface area (Å²) in [5, 5.41) is 56.8. The lowest BCUT2D eigenvalue weighted by Crippen LogP contribution is -2.65. The second kappa shape index (κ2) is 9.52. The fourth-order valence-electron chi connectivity index (χ4n) is 7.23. The number of hydrogen-bond acceptors (Lipinski definition) is 9. The molecular weight excluding hydrogens is 540 g/mol. The number of nitrogens with two attached hydrogens (primary N) is 1. The number of nitrogens with zero attached hydrogens (tertiary/aromatic N) is 1. The van der Waals surface area contributed by atoms with E-state index in [9.17, 15) is 39.9 Å². The van der Waals surface area contributed by atoms with Crippen molar-refractivity contribution in [2.75, 3.05) is 14.1 Å². The zero-order chi connectivity index (χ0) is 30.2. The number of aromatic hydroxyl groups is 1. The predicted octanol–water partition coefficient (Wildman–Crippen LogP) is 2.28. The van der Waals surface area contributed by atoms with E-state index in [0.717, 1.165) is 21.9 Å². The molecule has 1 amide bonds. The second-order valence-corrected chi connectivity index (χ2v) is 11.4. The molecule has 0 bridgehead atoms. The highest BCUT2D eigenvalue weighted by Gasteiger charge is 2.64. The zero-order valence-corrected chi connectivity index (χ0v) is 23.0. The summed E-state index contributed by atoms with van der Waals surface area (Å²) in [5.74, 6) is -6.90. The van der Waals surface area contributed by atoms with Crippen molar-refractivity contribution in [2.45, 2.75) is 31.1 Å². The van der Waals surface area contributed by atoms with Crippen molar-refractivity contribution in [1.29, 1.82) is 0 Å². The average molecular weight is 571 g/mol. The van der Waals surface area contributed by atoms with E-state index in [2.05, 4.69) is 0 Å². The third-order valence-corrected chi connectivity index (χ3v) is 9.08. The molecular formula is C32H30N2O8. The van der Waals surface area contributed by atoms with Gasteiger partial charge in [-0.25, -0.2) is 0 Å². The Bertz CT molecular complexity index is 1790. The first-order chi connectivity index (χ1) is 19.9. The van der Waals surface area contributed by atoms with Crippen LogP contribution < -0.4 is 5.73 Å². The summed E-state index contributed by atoms with van der Waals surface area (Å²) < 4.78 is 0. The summed E-state index contributed by atoms with van der Waals surface area (Å²) in [5.41, 5.74) is 4.48. The van der Waals surface area contributed by atoms with E-state index in [4.69, 9.17) is 5.73 Å². The van der Waals surface area contributed by atoms with Gasteiger partial charge in [-0.3, -0.25) is 19.3 Å². The van der Waals surface area contributed by atoms with Crippen molar-refractivity contribution < 1.29 is 39.9 Å². The summed E-state index contributed by atoms with van der Waals surface area (Å²) in [7, 11) is 3.12. The third kappa shape index (κ3) is 3.59. The Morgan fingerprint density at radius 1 is 1.00 bits per heavy atom. The number of phenolic OH excluding ortho intramolecular Hbond substituents is 1. The zero-order valence-electron chi connectivity index (χ0n) is 23.0. The number of amides is 1. The van der Waals surface area contributed by atoms with Gasteiger partial charge in [0.25, 0.3) is 5.91 Å². The maximum absolute atomic E-state index is 14.1. The molecule has 7 N–H and O–H groups in total. The Morgan fingerprint density at radius 2 is 1.67 bits per heavy atom. The van der Waals surface area contributed by atoms with Crippen molar-refractivity contribution in [1.82, 2.24) is 4.90 Å². The summed E-state index contributed by atoms with van der Waals surface area (Å²) >= 11 is 0. The van der Waals surface area contributed by atoms with Gasteiger partial charge >= 0.3 is 0 Å². The van der Waals surface area contributed by atoms with Crippen LogP contribution in [-0.2, 0) is 27.4 Å². The number of ketones is 2. The van der Waals surface area contributed by atoms with Crippen LogP contribution in [0.4, 0.5) is 0 Å². The summed E-state index contributed by atoms with van der Waals surface area (Å²) in [6, 6.07) is 13.2. The minimum absolute atomic E-state index is 0.00502. The first-order valence-corrected chi connectivity index (χ1v) is 13.5. The Hall–Kier alpha value is -4.51. The number of benzene rings is 3. The van der Waals surface area contributed by atoms with Gasteiger partial charge in [0.05, 0.1) is 18.2 Å². The minimum atomic E-state index is -2.69. The van der Waals surface area contributed by atoms with Gasteiger partial charge in [-0.2, -0.15) is 0 Å². The fourth-order valence-corrected chi connectivity index (χ4v) is 7.23. The third-order valence-electron chi connectivity index (χ3n) is 9.08. The molecule has 3 aromatic rings. The molecule has 0 unspecified atom stereocenters. The number of rotatable bonds is 4. The van der Waals surface area contributed by atoms with Gasteiger partial charge in [0, 0.05) is 11.5 Å². The van der Waals surface area contributed by atoms with Crippen LogP contribution in [-0.4, -0.2) is 73.6 Å². The summed E-state index contributed by atoms with van der Waals surface area (Å²) in [6.45, 7) is -0.152. The van der Waals surface area contributed by atoms with Crippen molar-refractivity contribution in [3.63, 3.8) is 0 Å². The van der Waals surface area contributed by atoms with Crippen LogP contribution in [0.15, 0.2) is 65.4 Å². The van der Waals surface area contributed by atoms with Crippen LogP contribution in [0.25, 0.3) is 27.7 Å². The molecule has 3 aromatic carbocycles. The van der Waals surface area contributed by atoms with Crippen LogP contribution in [0.1, 0.15) is 23.1 Å². The topological polar surface area (TPSA) is 182 Å². The van der Waals surface area contributed by atoms with E-state index in [1.807, 2.05) is 36.4 Å². The maximum atomic E-state index is 14.1. The quantitative estimate of drug-likeness (QED) is 0.256. The van der Waals surface area contributed by atoms with Gasteiger partial charge in [0.1, 0.15) is 22.8 Å². The van der Waals surface area contributed by atoms with E-state index in [0.29, 0.717) is 11.1 Å². The van der Waals surface area contributed by atoms with E-state index in [1.165, 1.54) is 11.0 Å². The predicted molar refractivity (Wildman–Crippen MR) is 153 cm³/mol. The van der Waals surface area contributed by atoms with Gasteiger partial charge < -0.3 is 31.3 Å². The number of fused-ring (bicyclic) bond motifs is 4. The molecule has 0 radical (unpaired) electrons. The standard InChI is InChI=1S/C32H30N2O8/c1-34(2)26-21-12-15-11-20-19(18-8-7-14(13-35)16-5-3-4-6-17(16)18)9-10-22(36)24(20)27(37)23(15)29(39)32(21,42)30(40)25(28(26)38)31(33)41/h3-10,15,21,26,35-37,40,42H,11-13H2,1-2H3,(H2,33,41)/t15-,21-,26-,32-/m0/s1. The minimum Gasteiger partial charge on any atom is -0.508 e. The first kappa shape index (κ1) is 27.6. The van der Waals surface area contributed by atoms with Crippen molar-refractivity contribution in [2.24, 2.45) is 17.6 Å².